The summed E-state index contributed by atoms with van der Waals surface area (Å²) in [6.07, 6.45) is 5.43. The Kier molecular flexibility index (Phi) is 4.26. The number of nitrogens with one attached hydrogen (secondary N) is 1. The van der Waals surface area contributed by atoms with Crippen LogP contribution >= 0.6 is 0 Å². The molecule has 1 aromatic heterocycles. The molecule has 126 valence electrons. The molecular formula is C19H22FN3O. The minimum atomic E-state index is -0.269. The molecule has 0 saturated heterocycles. The van der Waals surface area contributed by atoms with Gasteiger partial charge in [-0.15, -0.1) is 6.58 Å². The van der Waals surface area contributed by atoms with Crippen LogP contribution in [0.4, 0.5) is 4.39 Å². The van der Waals surface area contributed by atoms with Gasteiger partial charge in [-0.1, -0.05) is 19.9 Å². The topological polar surface area (TPSA) is 46.9 Å². The molecule has 4 nitrogen and oxygen atoms in total. The highest BCUT2D eigenvalue weighted by Gasteiger charge is 2.35. The molecule has 1 aliphatic carbocycles. The standard InChI is InChI=1S/C19H22FN3O/c1-4-5-18(24)22-16-10-19(2,3)11-17-15(16)12-21-23(17)14-8-6-13(20)7-9-14/h4,6-9,12,16H,1,5,10-11H2,2-3H3,(H,22,24)/t16-/m0/s1. The van der Waals surface area contributed by atoms with Gasteiger partial charge in [0.05, 0.1) is 23.6 Å². The summed E-state index contributed by atoms with van der Waals surface area (Å²) in [5.41, 5.74) is 2.97. The molecule has 1 atom stereocenters. The van der Waals surface area contributed by atoms with Crippen LogP contribution in [0.1, 0.15) is 44.0 Å². The van der Waals surface area contributed by atoms with Crippen molar-refractivity contribution >= 4 is 5.91 Å². The summed E-state index contributed by atoms with van der Waals surface area (Å²) in [4.78, 5) is 12.0. The van der Waals surface area contributed by atoms with Crippen molar-refractivity contribution in [2.45, 2.75) is 39.2 Å². The second kappa shape index (κ2) is 6.23. The first kappa shape index (κ1) is 16.4. The molecule has 5 heteroatoms. The third kappa shape index (κ3) is 3.25. The molecule has 0 aliphatic heterocycles. The third-order valence-electron chi connectivity index (χ3n) is 4.42. The monoisotopic (exact) mass is 327 g/mol. The van der Waals surface area contributed by atoms with Gasteiger partial charge in [0.1, 0.15) is 5.82 Å². The number of aromatic nitrogens is 2. The van der Waals surface area contributed by atoms with E-state index in [9.17, 15) is 9.18 Å². The Morgan fingerprint density at radius 3 is 2.83 bits per heavy atom. The van der Waals surface area contributed by atoms with Gasteiger partial charge in [-0.2, -0.15) is 5.10 Å². The Labute approximate surface area is 141 Å². The van der Waals surface area contributed by atoms with Crippen LogP contribution in [0.5, 0.6) is 0 Å². The molecule has 0 radical (unpaired) electrons. The summed E-state index contributed by atoms with van der Waals surface area (Å²) in [6.45, 7) is 7.98. The van der Waals surface area contributed by atoms with Crippen LogP contribution in [0, 0.1) is 11.2 Å². The van der Waals surface area contributed by atoms with E-state index in [1.165, 1.54) is 12.1 Å². The molecule has 3 rings (SSSR count). The van der Waals surface area contributed by atoms with E-state index in [0.717, 1.165) is 29.8 Å². The molecule has 2 aromatic rings. The molecule has 0 spiro atoms. The molecule has 24 heavy (non-hydrogen) atoms. The maximum atomic E-state index is 13.2. The lowest BCUT2D eigenvalue weighted by Gasteiger charge is -2.36. The molecule has 1 aliphatic rings. The maximum absolute atomic E-state index is 13.2. The Balaban J connectivity index is 1.97. The quantitative estimate of drug-likeness (QED) is 0.870. The molecule has 1 amide bonds. The highest BCUT2D eigenvalue weighted by atomic mass is 19.1. The van der Waals surface area contributed by atoms with E-state index in [1.54, 1.807) is 18.2 Å². The fourth-order valence-corrected chi connectivity index (χ4v) is 3.36. The van der Waals surface area contributed by atoms with Crippen molar-refractivity contribution < 1.29 is 9.18 Å². The minimum absolute atomic E-state index is 0.0341. The number of rotatable bonds is 4. The van der Waals surface area contributed by atoms with E-state index in [0.29, 0.717) is 6.42 Å². The Morgan fingerprint density at radius 1 is 1.46 bits per heavy atom. The number of halogens is 1. The van der Waals surface area contributed by atoms with Crippen molar-refractivity contribution in [1.29, 1.82) is 0 Å². The highest BCUT2D eigenvalue weighted by molar-refractivity contribution is 5.78. The van der Waals surface area contributed by atoms with Crippen LogP contribution in [-0.2, 0) is 11.2 Å². The van der Waals surface area contributed by atoms with Gasteiger partial charge >= 0.3 is 0 Å². The number of fused-ring (bicyclic) bond motifs is 1. The molecular weight excluding hydrogens is 305 g/mol. The summed E-state index contributed by atoms with van der Waals surface area (Å²) >= 11 is 0. The lowest BCUT2D eigenvalue weighted by atomic mass is 9.74. The SMILES string of the molecule is C=CCC(=O)N[C@H]1CC(C)(C)Cc2c1cnn2-c1ccc(F)cc1. The number of nitrogens with zero attached hydrogens (tertiary/aromatic N) is 2. The van der Waals surface area contributed by atoms with E-state index in [2.05, 4.69) is 30.8 Å². The van der Waals surface area contributed by atoms with Gasteiger partial charge in [-0.3, -0.25) is 4.79 Å². The van der Waals surface area contributed by atoms with E-state index in [-0.39, 0.29) is 23.2 Å². The smallest absolute Gasteiger partial charge is 0.224 e. The van der Waals surface area contributed by atoms with Crippen molar-refractivity contribution in [1.82, 2.24) is 15.1 Å². The van der Waals surface area contributed by atoms with Crippen molar-refractivity contribution in [3.05, 3.63) is 60.2 Å². The van der Waals surface area contributed by atoms with Gasteiger partial charge < -0.3 is 5.32 Å². The number of hydrogen-bond donors (Lipinski definition) is 1. The minimum Gasteiger partial charge on any atom is -0.349 e. The fourth-order valence-electron chi connectivity index (χ4n) is 3.36. The van der Waals surface area contributed by atoms with E-state index in [1.807, 2.05) is 10.9 Å². The predicted molar refractivity (Wildman–Crippen MR) is 91.3 cm³/mol. The number of hydrogen-bond acceptors (Lipinski definition) is 2. The summed E-state index contributed by atoms with van der Waals surface area (Å²) < 4.78 is 15.0. The largest absolute Gasteiger partial charge is 0.349 e. The average molecular weight is 327 g/mol. The number of carbonyl (C=O) groups excluding carboxylic acids is 1. The molecule has 1 aromatic carbocycles. The third-order valence-corrected chi connectivity index (χ3v) is 4.42. The van der Waals surface area contributed by atoms with E-state index in [4.69, 9.17) is 0 Å². The summed E-state index contributed by atoms with van der Waals surface area (Å²) in [6, 6.07) is 6.23. The molecule has 0 fully saturated rings. The van der Waals surface area contributed by atoms with Crippen molar-refractivity contribution in [3.63, 3.8) is 0 Å². The first-order valence-electron chi connectivity index (χ1n) is 8.12. The summed E-state index contributed by atoms with van der Waals surface area (Å²) in [5.74, 6) is -0.303. The van der Waals surface area contributed by atoms with Gasteiger partial charge in [0.2, 0.25) is 5.91 Å². The molecule has 0 unspecified atom stereocenters. The van der Waals surface area contributed by atoms with Gasteiger partial charge in [0.15, 0.2) is 0 Å². The lowest BCUT2D eigenvalue weighted by molar-refractivity contribution is -0.121. The summed E-state index contributed by atoms with van der Waals surface area (Å²) in [7, 11) is 0. The molecule has 0 saturated carbocycles. The first-order chi connectivity index (χ1) is 11.4. The zero-order valence-electron chi connectivity index (χ0n) is 14.1. The van der Waals surface area contributed by atoms with Crippen LogP contribution < -0.4 is 5.32 Å². The van der Waals surface area contributed by atoms with Crippen LogP contribution in [0.15, 0.2) is 43.1 Å². The number of amides is 1. The van der Waals surface area contributed by atoms with Gasteiger partial charge in [0, 0.05) is 12.0 Å². The zero-order chi connectivity index (χ0) is 17.3. The van der Waals surface area contributed by atoms with Gasteiger partial charge in [0.25, 0.3) is 0 Å². The molecule has 1 heterocycles. The van der Waals surface area contributed by atoms with Crippen LogP contribution in [-0.4, -0.2) is 15.7 Å². The van der Waals surface area contributed by atoms with Gasteiger partial charge in [-0.05, 0) is 42.5 Å². The Hall–Kier alpha value is -2.43. The zero-order valence-corrected chi connectivity index (χ0v) is 14.1. The second-order valence-electron chi connectivity index (χ2n) is 7.09. The second-order valence-corrected chi connectivity index (χ2v) is 7.09. The van der Waals surface area contributed by atoms with Crippen molar-refractivity contribution in [2.75, 3.05) is 0 Å². The van der Waals surface area contributed by atoms with Crippen LogP contribution in [0.25, 0.3) is 5.69 Å². The van der Waals surface area contributed by atoms with Crippen LogP contribution in [0.3, 0.4) is 0 Å². The number of benzene rings is 1. The predicted octanol–water partition coefficient (Wildman–Crippen LogP) is 3.72. The normalized spacial score (nSPS) is 18.7. The molecule has 0 bridgehead atoms. The Bertz CT molecular complexity index is 761. The number of carbonyl (C=O) groups is 1. The first-order valence-corrected chi connectivity index (χ1v) is 8.12. The summed E-state index contributed by atoms with van der Waals surface area (Å²) in [5, 5.41) is 7.57. The van der Waals surface area contributed by atoms with E-state index < -0.39 is 0 Å². The lowest BCUT2D eigenvalue weighted by Crippen LogP contribution is -2.36. The molecule has 1 N–H and O–H groups in total. The highest BCUT2D eigenvalue weighted by Crippen LogP contribution is 2.41. The van der Waals surface area contributed by atoms with Crippen LogP contribution in [0.2, 0.25) is 0 Å². The van der Waals surface area contributed by atoms with Crippen molar-refractivity contribution in [2.24, 2.45) is 5.41 Å². The van der Waals surface area contributed by atoms with Gasteiger partial charge in [-0.25, -0.2) is 9.07 Å². The fraction of sp³-hybridized carbons (Fsp3) is 0.368. The van der Waals surface area contributed by atoms with E-state index >= 15 is 0 Å². The Morgan fingerprint density at radius 2 is 2.17 bits per heavy atom. The average Bonchev–Trinajstić information content (AvgIpc) is 2.90. The van der Waals surface area contributed by atoms with Crippen molar-refractivity contribution in [3.8, 4) is 5.69 Å². The maximum Gasteiger partial charge on any atom is 0.224 e.